The average molecular weight is 424 g/mol. The maximum absolute atomic E-state index is 12.9. The van der Waals surface area contributed by atoms with Gasteiger partial charge in [-0.25, -0.2) is 13.1 Å². The molecule has 8 nitrogen and oxygen atoms in total. The van der Waals surface area contributed by atoms with Gasteiger partial charge >= 0.3 is 0 Å². The smallest absolute Gasteiger partial charge is 0.253 e. The number of nitrogens with one attached hydrogen (secondary N) is 2. The molecule has 2 aliphatic rings. The van der Waals surface area contributed by atoms with Gasteiger partial charge in [-0.3, -0.25) is 9.59 Å². The number of carbonyl (C=O) groups excluding carboxylic acids is 2. The van der Waals surface area contributed by atoms with E-state index in [0.717, 1.165) is 25.7 Å². The maximum Gasteiger partial charge on any atom is 0.253 e. The predicted octanol–water partition coefficient (Wildman–Crippen LogP) is 1.66. The third-order valence-corrected chi connectivity index (χ3v) is 7.11. The van der Waals surface area contributed by atoms with Crippen LogP contribution in [-0.4, -0.2) is 57.4 Å². The zero-order valence-electron chi connectivity index (χ0n) is 16.9. The number of rotatable bonds is 6. The minimum Gasteiger partial charge on any atom is -0.495 e. The van der Waals surface area contributed by atoms with Crippen molar-refractivity contribution in [3.8, 4) is 5.75 Å². The number of amides is 2. The lowest BCUT2D eigenvalue weighted by Gasteiger charge is -2.32. The van der Waals surface area contributed by atoms with Crippen molar-refractivity contribution in [3.63, 3.8) is 0 Å². The molecule has 1 aliphatic carbocycles. The molecule has 160 valence electrons. The van der Waals surface area contributed by atoms with Crippen molar-refractivity contribution in [1.82, 2.24) is 14.9 Å². The molecule has 9 heteroatoms. The minimum atomic E-state index is -3.79. The highest BCUT2D eigenvalue weighted by atomic mass is 32.2. The second-order valence-corrected chi connectivity index (χ2v) is 9.42. The number of carbonyl (C=O) groups is 2. The van der Waals surface area contributed by atoms with E-state index in [1.807, 2.05) is 0 Å². The molecule has 0 unspecified atom stereocenters. The van der Waals surface area contributed by atoms with Gasteiger partial charge in [0.1, 0.15) is 10.6 Å². The van der Waals surface area contributed by atoms with Gasteiger partial charge in [0.2, 0.25) is 15.9 Å². The molecule has 2 amide bonds. The van der Waals surface area contributed by atoms with Crippen LogP contribution < -0.4 is 14.8 Å². The van der Waals surface area contributed by atoms with E-state index in [4.69, 9.17) is 4.74 Å². The quantitative estimate of drug-likeness (QED) is 0.724. The Bertz CT molecular complexity index is 857. The van der Waals surface area contributed by atoms with Crippen LogP contribution in [0.5, 0.6) is 5.75 Å². The number of sulfonamides is 1. The van der Waals surface area contributed by atoms with Crippen LogP contribution in [-0.2, 0) is 14.8 Å². The Balaban J connectivity index is 1.76. The number of hydrogen-bond donors (Lipinski definition) is 2. The summed E-state index contributed by atoms with van der Waals surface area (Å²) in [7, 11) is -2.37. The summed E-state index contributed by atoms with van der Waals surface area (Å²) in [5.41, 5.74) is 0.315. The first-order valence-electron chi connectivity index (χ1n) is 10.1. The first-order chi connectivity index (χ1) is 13.8. The summed E-state index contributed by atoms with van der Waals surface area (Å²) in [6.07, 6.45) is 5.02. The number of likely N-dealkylation sites (tertiary alicyclic amines) is 1. The largest absolute Gasteiger partial charge is 0.495 e. The molecular weight excluding hydrogens is 394 g/mol. The Kier molecular flexibility index (Phi) is 6.79. The molecule has 1 aromatic rings. The topological polar surface area (TPSA) is 105 Å². The summed E-state index contributed by atoms with van der Waals surface area (Å²) < 4.78 is 33.8. The van der Waals surface area contributed by atoms with Crippen molar-refractivity contribution in [2.24, 2.45) is 0 Å². The van der Waals surface area contributed by atoms with E-state index in [-0.39, 0.29) is 34.5 Å². The van der Waals surface area contributed by atoms with E-state index in [1.54, 1.807) is 11.0 Å². The molecule has 1 aliphatic heterocycles. The van der Waals surface area contributed by atoms with Crippen LogP contribution in [0, 0.1) is 0 Å². The molecule has 1 aromatic carbocycles. The molecule has 0 bridgehead atoms. The zero-order chi connectivity index (χ0) is 21.0. The highest BCUT2D eigenvalue weighted by Gasteiger charge is 2.29. The first-order valence-corrected chi connectivity index (χ1v) is 11.5. The van der Waals surface area contributed by atoms with E-state index in [1.165, 1.54) is 26.2 Å². The van der Waals surface area contributed by atoms with Crippen molar-refractivity contribution in [1.29, 1.82) is 0 Å². The minimum absolute atomic E-state index is 0.00844. The third-order valence-electron chi connectivity index (χ3n) is 5.57. The lowest BCUT2D eigenvalue weighted by molar-refractivity contribution is -0.119. The summed E-state index contributed by atoms with van der Waals surface area (Å²) in [6, 6.07) is 4.52. The molecule has 1 saturated carbocycles. The van der Waals surface area contributed by atoms with Crippen molar-refractivity contribution >= 4 is 21.8 Å². The van der Waals surface area contributed by atoms with E-state index >= 15 is 0 Å². The molecule has 29 heavy (non-hydrogen) atoms. The molecule has 0 aromatic heterocycles. The van der Waals surface area contributed by atoms with Gasteiger partial charge in [0.15, 0.2) is 0 Å². The van der Waals surface area contributed by atoms with Crippen molar-refractivity contribution in [3.05, 3.63) is 23.8 Å². The van der Waals surface area contributed by atoms with E-state index in [2.05, 4.69) is 10.0 Å². The predicted molar refractivity (Wildman–Crippen MR) is 108 cm³/mol. The Morgan fingerprint density at radius 1 is 1.07 bits per heavy atom. The Morgan fingerprint density at radius 3 is 2.31 bits per heavy atom. The summed E-state index contributed by atoms with van der Waals surface area (Å²) in [5, 5.41) is 2.88. The number of benzene rings is 1. The first kappa shape index (κ1) is 21.6. The highest BCUT2D eigenvalue weighted by Crippen LogP contribution is 2.28. The number of ether oxygens (including phenoxy) is 1. The van der Waals surface area contributed by atoms with Crippen LogP contribution in [0.15, 0.2) is 23.1 Å². The van der Waals surface area contributed by atoms with E-state index in [9.17, 15) is 18.0 Å². The standard InChI is InChI=1S/C20H29N3O5S/c1-14(24)21-16-9-11-23(12-10-16)20(25)15-7-8-18(28-2)19(13-15)29(26,27)22-17-5-3-4-6-17/h7-8,13,16-17,22H,3-6,9-12H2,1-2H3,(H,21,24). The van der Waals surface area contributed by atoms with Gasteiger partial charge in [-0.05, 0) is 43.9 Å². The second kappa shape index (κ2) is 9.13. The Morgan fingerprint density at radius 2 is 1.72 bits per heavy atom. The lowest BCUT2D eigenvalue weighted by atomic mass is 10.0. The van der Waals surface area contributed by atoms with Gasteiger partial charge in [-0.2, -0.15) is 0 Å². The summed E-state index contributed by atoms with van der Waals surface area (Å²) in [5.74, 6) is -0.0720. The number of methoxy groups -OCH3 is 1. The Hall–Kier alpha value is -2.13. The van der Waals surface area contributed by atoms with Crippen LogP contribution in [0.2, 0.25) is 0 Å². The summed E-state index contributed by atoms with van der Waals surface area (Å²) in [6.45, 7) is 2.51. The normalized spacial score (nSPS) is 18.6. The lowest BCUT2D eigenvalue weighted by Crippen LogP contribution is -2.46. The number of hydrogen-bond acceptors (Lipinski definition) is 5. The van der Waals surface area contributed by atoms with Gasteiger partial charge in [0.05, 0.1) is 7.11 Å². The maximum atomic E-state index is 12.9. The fourth-order valence-corrected chi connectivity index (χ4v) is 5.54. The van der Waals surface area contributed by atoms with Crippen LogP contribution >= 0.6 is 0 Å². The van der Waals surface area contributed by atoms with Gasteiger partial charge in [-0.1, -0.05) is 12.8 Å². The Labute approximate surface area is 172 Å². The van der Waals surface area contributed by atoms with Gasteiger partial charge in [-0.15, -0.1) is 0 Å². The molecule has 0 spiro atoms. The van der Waals surface area contributed by atoms with Crippen LogP contribution in [0.1, 0.15) is 55.8 Å². The molecule has 2 fully saturated rings. The van der Waals surface area contributed by atoms with Gasteiger partial charge < -0.3 is 15.0 Å². The van der Waals surface area contributed by atoms with E-state index < -0.39 is 10.0 Å². The van der Waals surface area contributed by atoms with Gasteiger partial charge in [0.25, 0.3) is 5.91 Å². The zero-order valence-corrected chi connectivity index (χ0v) is 17.8. The monoisotopic (exact) mass is 423 g/mol. The molecular formula is C20H29N3O5S. The highest BCUT2D eigenvalue weighted by molar-refractivity contribution is 7.89. The SMILES string of the molecule is COc1ccc(C(=O)N2CCC(NC(C)=O)CC2)cc1S(=O)(=O)NC1CCCC1. The average Bonchev–Trinajstić information content (AvgIpc) is 3.19. The third kappa shape index (κ3) is 5.27. The van der Waals surface area contributed by atoms with Crippen LogP contribution in [0.4, 0.5) is 0 Å². The number of piperidine rings is 1. The molecule has 1 saturated heterocycles. The van der Waals surface area contributed by atoms with Crippen LogP contribution in [0.3, 0.4) is 0 Å². The van der Waals surface area contributed by atoms with Gasteiger partial charge in [0, 0.05) is 37.7 Å². The fraction of sp³-hybridized carbons (Fsp3) is 0.600. The van der Waals surface area contributed by atoms with E-state index in [0.29, 0.717) is 31.5 Å². The molecule has 3 rings (SSSR count). The fourth-order valence-electron chi connectivity index (χ4n) is 4.04. The molecule has 1 heterocycles. The number of nitrogens with zero attached hydrogens (tertiary/aromatic N) is 1. The van der Waals surface area contributed by atoms with Crippen molar-refractivity contribution in [2.75, 3.05) is 20.2 Å². The van der Waals surface area contributed by atoms with Crippen molar-refractivity contribution < 1.29 is 22.7 Å². The van der Waals surface area contributed by atoms with Crippen molar-refractivity contribution in [2.45, 2.75) is 62.4 Å². The van der Waals surface area contributed by atoms with Crippen LogP contribution in [0.25, 0.3) is 0 Å². The summed E-state index contributed by atoms with van der Waals surface area (Å²) >= 11 is 0. The molecule has 0 atom stereocenters. The second-order valence-electron chi connectivity index (χ2n) is 7.74. The molecule has 2 N–H and O–H groups in total. The summed E-state index contributed by atoms with van der Waals surface area (Å²) in [4.78, 5) is 25.8. The molecule has 0 radical (unpaired) electrons.